The van der Waals surface area contributed by atoms with Gasteiger partial charge in [-0.05, 0) is 18.6 Å². The first-order chi connectivity index (χ1) is 6.95. The first kappa shape index (κ1) is 8.38. The van der Waals surface area contributed by atoms with Crippen LogP contribution in [0.4, 0.5) is 0 Å². The molecule has 0 aliphatic carbocycles. The van der Waals surface area contributed by atoms with Crippen molar-refractivity contribution in [2.75, 3.05) is 26.2 Å². The molecular formula is C11H15N3. The zero-order valence-corrected chi connectivity index (χ0v) is 8.26. The fourth-order valence-corrected chi connectivity index (χ4v) is 2.58. The van der Waals surface area contributed by atoms with Gasteiger partial charge >= 0.3 is 0 Å². The Morgan fingerprint density at radius 3 is 2.50 bits per heavy atom. The van der Waals surface area contributed by atoms with Crippen molar-refractivity contribution in [1.29, 1.82) is 0 Å². The van der Waals surface area contributed by atoms with Gasteiger partial charge in [0.05, 0.1) is 5.69 Å². The van der Waals surface area contributed by atoms with E-state index in [1.807, 2.05) is 12.3 Å². The monoisotopic (exact) mass is 189 g/mol. The summed E-state index contributed by atoms with van der Waals surface area (Å²) in [5, 5.41) is 0. The average molecular weight is 189 g/mol. The fourth-order valence-electron chi connectivity index (χ4n) is 2.58. The van der Waals surface area contributed by atoms with Crippen LogP contribution in [0.25, 0.3) is 0 Å². The summed E-state index contributed by atoms with van der Waals surface area (Å²) in [4.78, 5) is 9.53. The van der Waals surface area contributed by atoms with Gasteiger partial charge in [-0.1, -0.05) is 6.07 Å². The molecule has 2 saturated heterocycles. The second-order valence-electron chi connectivity index (χ2n) is 4.05. The minimum atomic E-state index is 0.463. The van der Waals surface area contributed by atoms with Crippen LogP contribution in [0.1, 0.15) is 18.3 Å². The first-order valence-electron chi connectivity index (χ1n) is 5.34. The summed E-state index contributed by atoms with van der Waals surface area (Å²) in [6.07, 6.45) is 3.67. The maximum atomic E-state index is 4.46. The van der Waals surface area contributed by atoms with E-state index in [1.165, 1.54) is 38.3 Å². The number of aromatic nitrogens is 1. The number of nitrogens with zero attached hydrogens (tertiary/aromatic N) is 3. The molecule has 3 rings (SSSR count). The molecule has 74 valence electrons. The van der Waals surface area contributed by atoms with Gasteiger partial charge in [0.25, 0.3) is 0 Å². The molecular weight excluding hydrogens is 174 g/mol. The van der Waals surface area contributed by atoms with Crippen LogP contribution in [0.15, 0.2) is 24.4 Å². The van der Waals surface area contributed by atoms with Gasteiger partial charge in [0.2, 0.25) is 0 Å². The van der Waals surface area contributed by atoms with Crippen molar-refractivity contribution >= 4 is 0 Å². The number of hydrogen-bond acceptors (Lipinski definition) is 3. The predicted molar refractivity (Wildman–Crippen MR) is 54.7 cm³/mol. The van der Waals surface area contributed by atoms with E-state index in [0.29, 0.717) is 6.17 Å². The maximum Gasteiger partial charge on any atom is 0.106 e. The molecule has 2 aliphatic heterocycles. The van der Waals surface area contributed by atoms with Crippen molar-refractivity contribution in [3.05, 3.63) is 30.1 Å². The molecule has 2 unspecified atom stereocenters. The molecule has 0 aromatic carbocycles. The number of fused-ring (bicyclic) bond motifs is 2. The Hall–Kier alpha value is -0.930. The molecule has 0 saturated carbocycles. The molecule has 3 heterocycles. The molecule has 3 nitrogen and oxygen atoms in total. The summed E-state index contributed by atoms with van der Waals surface area (Å²) in [7, 11) is 0. The first-order valence-corrected chi connectivity index (χ1v) is 5.34. The Balaban J connectivity index is 1.92. The number of pyridine rings is 1. The van der Waals surface area contributed by atoms with Gasteiger partial charge in [0.1, 0.15) is 6.17 Å². The van der Waals surface area contributed by atoms with Crippen molar-refractivity contribution in [2.45, 2.75) is 12.6 Å². The van der Waals surface area contributed by atoms with E-state index < -0.39 is 0 Å². The number of hydrogen-bond donors (Lipinski definition) is 0. The molecule has 1 aromatic rings. The lowest BCUT2D eigenvalue weighted by Crippen LogP contribution is -2.38. The third-order valence-electron chi connectivity index (χ3n) is 3.21. The summed E-state index contributed by atoms with van der Waals surface area (Å²) in [6, 6.07) is 6.21. The zero-order valence-electron chi connectivity index (χ0n) is 8.26. The van der Waals surface area contributed by atoms with E-state index in [4.69, 9.17) is 0 Å². The van der Waals surface area contributed by atoms with E-state index in [0.717, 1.165) is 0 Å². The highest BCUT2D eigenvalue weighted by Crippen LogP contribution is 2.31. The minimum absolute atomic E-state index is 0.463. The van der Waals surface area contributed by atoms with Gasteiger partial charge in [-0.25, -0.2) is 0 Å². The van der Waals surface area contributed by atoms with Crippen LogP contribution in [0, 0.1) is 0 Å². The Kier molecular flexibility index (Phi) is 2.00. The summed E-state index contributed by atoms with van der Waals surface area (Å²) >= 11 is 0. The van der Waals surface area contributed by atoms with E-state index in [-0.39, 0.29) is 0 Å². The van der Waals surface area contributed by atoms with Crippen LogP contribution in [0.2, 0.25) is 0 Å². The van der Waals surface area contributed by atoms with Gasteiger partial charge in [-0.2, -0.15) is 0 Å². The molecule has 2 atom stereocenters. The van der Waals surface area contributed by atoms with Crippen LogP contribution < -0.4 is 0 Å². The smallest absolute Gasteiger partial charge is 0.106 e. The van der Waals surface area contributed by atoms with Gasteiger partial charge < -0.3 is 0 Å². The molecule has 2 aliphatic rings. The largest absolute Gasteiger partial charge is 0.281 e. The van der Waals surface area contributed by atoms with Gasteiger partial charge in [-0.3, -0.25) is 14.8 Å². The Bertz CT molecular complexity index is 296. The highest BCUT2D eigenvalue weighted by atomic mass is 15.4. The van der Waals surface area contributed by atoms with Crippen LogP contribution in [0.3, 0.4) is 0 Å². The molecule has 0 N–H and O–H groups in total. The second-order valence-corrected chi connectivity index (χ2v) is 4.05. The normalized spacial score (nSPS) is 35.9. The van der Waals surface area contributed by atoms with Gasteiger partial charge in [-0.15, -0.1) is 0 Å². The van der Waals surface area contributed by atoms with Gasteiger partial charge in [0, 0.05) is 32.4 Å². The van der Waals surface area contributed by atoms with Crippen LogP contribution in [0.5, 0.6) is 0 Å². The van der Waals surface area contributed by atoms with Crippen molar-refractivity contribution in [2.24, 2.45) is 0 Å². The minimum Gasteiger partial charge on any atom is -0.281 e. The summed E-state index contributed by atoms with van der Waals surface area (Å²) in [5.74, 6) is 0. The third-order valence-corrected chi connectivity index (χ3v) is 3.21. The van der Waals surface area contributed by atoms with Crippen LogP contribution in [-0.4, -0.2) is 41.0 Å². The van der Waals surface area contributed by atoms with E-state index in [9.17, 15) is 0 Å². The Morgan fingerprint density at radius 1 is 1.07 bits per heavy atom. The predicted octanol–water partition coefficient (Wildman–Crippen LogP) is 1.10. The molecule has 1 aromatic heterocycles. The zero-order chi connectivity index (χ0) is 9.38. The number of rotatable bonds is 1. The summed E-state index contributed by atoms with van der Waals surface area (Å²) < 4.78 is 0. The SMILES string of the molecule is c1ccc(C2N3CCCN2CC3)nc1. The lowest BCUT2D eigenvalue weighted by atomic mass is 10.2. The van der Waals surface area contributed by atoms with Crippen molar-refractivity contribution < 1.29 is 0 Å². The topological polar surface area (TPSA) is 19.4 Å². The maximum absolute atomic E-state index is 4.46. The molecule has 2 bridgehead atoms. The fraction of sp³-hybridized carbons (Fsp3) is 0.545. The molecule has 3 heteroatoms. The quantitative estimate of drug-likeness (QED) is 0.659. The highest BCUT2D eigenvalue weighted by Gasteiger charge is 2.36. The standard InChI is InChI=1S/C11H15N3/c1-2-5-12-10(4-1)11-13-6-3-7-14(11)9-8-13/h1-2,4-5,11H,3,6-9H2. The third kappa shape index (κ3) is 1.24. The molecule has 0 amide bonds. The lowest BCUT2D eigenvalue weighted by molar-refractivity contribution is 0.0894. The van der Waals surface area contributed by atoms with E-state index in [2.05, 4.69) is 26.9 Å². The summed E-state index contributed by atoms with van der Waals surface area (Å²) in [5.41, 5.74) is 1.21. The van der Waals surface area contributed by atoms with Gasteiger partial charge in [0.15, 0.2) is 0 Å². The highest BCUT2D eigenvalue weighted by molar-refractivity contribution is 5.11. The lowest BCUT2D eigenvalue weighted by Gasteiger charge is -2.34. The molecule has 14 heavy (non-hydrogen) atoms. The molecule has 0 spiro atoms. The molecule has 2 fully saturated rings. The average Bonchev–Trinajstić information content (AvgIpc) is 2.50. The molecule has 0 radical (unpaired) electrons. The van der Waals surface area contributed by atoms with Crippen molar-refractivity contribution in [3.8, 4) is 0 Å². The Morgan fingerprint density at radius 2 is 1.86 bits per heavy atom. The van der Waals surface area contributed by atoms with E-state index >= 15 is 0 Å². The van der Waals surface area contributed by atoms with E-state index in [1.54, 1.807) is 0 Å². The van der Waals surface area contributed by atoms with Crippen molar-refractivity contribution in [3.63, 3.8) is 0 Å². The van der Waals surface area contributed by atoms with Crippen LogP contribution >= 0.6 is 0 Å². The Labute approximate surface area is 84.3 Å². The second kappa shape index (κ2) is 3.33. The van der Waals surface area contributed by atoms with Crippen molar-refractivity contribution in [1.82, 2.24) is 14.8 Å². The van der Waals surface area contributed by atoms with Crippen LogP contribution in [-0.2, 0) is 0 Å². The summed E-state index contributed by atoms with van der Waals surface area (Å²) in [6.45, 7) is 4.89.